The molecule has 1 unspecified atom stereocenters. The number of sulfonamides is 1. The van der Waals surface area contributed by atoms with Crippen molar-refractivity contribution < 1.29 is 18.0 Å². The van der Waals surface area contributed by atoms with Crippen LogP contribution in [0.2, 0.25) is 10.0 Å². The van der Waals surface area contributed by atoms with Gasteiger partial charge in [0.1, 0.15) is 12.6 Å². The van der Waals surface area contributed by atoms with Gasteiger partial charge in [-0.05, 0) is 54.3 Å². The second-order valence-electron chi connectivity index (χ2n) is 10.1. The summed E-state index contributed by atoms with van der Waals surface area (Å²) in [5.74, 6) is -0.785. The molecule has 0 spiro atoms. The highest BCUT2D eigenvalue weighted by molar-refractivity contribution is 7.92. The number of carbonyl (C=O) groups is 2. The number of halogens is 2. The number of hydrogen-bond acceptors (Lipinski definition) is 4. The van der Waals surface area contributed by atoms with Crippen LogP contribution >= 0.6 is 23.2 Å². The van der Waals surface area contributed by atoms with E-state index in [0.29, 0.717) is 10.0 Å². The minimum Gasteiger partial charge on any atom is -0.352 e. The number of benzene rings is 3. The van der Waals surface area contributed by atoms with Gasteiger partial charge in [0.2, 0.25) is 21.8 Å². The lowest BCUT2D eigenvalue weighted by Gasteiger charge is -2.34. The molecule has 1 aliphatic carbocycles. The summed E-state index contributed by atoms with van der Waals surface area (Å²) in [5, 5.41) is 3.98. The molecule has 1 N–H and O–H groups in total. The largest absolute Gasteiger partial charge is 0.352 e. The number of anilines is 1. The fraction of sp³-hybridized carbons (Fsp3) is 0.333. The van der Waals surface area contributed by atoms with E-state index in [-0.39, 0.29) is 30.6 Å². The zero-order valence-corrected chi connectivity index (χ0v) is 24.6. The fourth-order valence-corrected chi connectivity index (χ4v) is 6.24. The van der Waals surface area contributed by atoms with Crippen LogP contribution in [0.25, 0.3) is 0 Å². The first-order valence-corrected chi connectivity index (χ1v) is 15.8. The SMILES string of the molecule is CS(=O)(=O)N(CC(=O)N(Cc1cccc(Cl)c1)C(Cc1ccccc1)C(=O)NC1CCCC1)c1cccc(Cl)c1. The van der Waals surface area contributed by atoms with Gasteiger partial charge in [0.05, 0.1) is 11.9 Å². The Morgan fingerprint density at radius 2 is 1.52 bits per heavy atom. The molecule has 10 heteroatoms. The zero-order chi connectivity index (χ0) is 28.7. The van der Waals surface area contributed by atoms with Crippen LogP contribution in [0.3, 0.4) is 0 Å². The molecular formula is C30H33Cl2N3O4S. The fourth-order valence-electron chi connectivity index (χ4n) is 5.00. The Morgan fingerprint density at radius 1 is 0.900 bits per heavy atom. The maximum Gasteiger partial charge on any atom is 0.244 e. The zero-order valence-electron chi connectivity index (χ0n) is 22.3. The topological polar surface area (TPSA) is 86.8 Å². The van der Waals surface area contributed by atoms with Crippen LogP contribution in [-0.2, 0) is 32.6 Å². The summed E-state index contributed by atoms with van der Waals surface area (Å²) in [6.45, 7) is -0.427. The highest BCUT2D eigenvalue weighted by Crippen LogP contribution is 2.24. The van der Waals surface area contributed by atoms with Gasteiger partial charge in [-0.15, -0.1) is 0 Å². The Labute approximate surface area is 246 Å². The standard InChI is InChI=1S/C30H33Cl2N3O4S/c1-40(38,39)35(27-16-8-13-25(32)19-27)21-29(36)34(20-23-11-7-12-24(31)17-23)28(18-22-9-3-2-4-10-22)30(37)33-26-14-5-6-15-26/h2-4,7-13,16-17,19,26,28H,5-6,14-15,18,20-21H2,1H3,(H,33,37). The van der Waals surface area contributed by atoms with Crippen molar-refractivity contribution in [3.05, 3.63) is 100 Å². The molecule has 0 aromatic heterocycles. The van der Waals surface area contributed by atoms with Crippen LogP contribution in [-0.4, -0.2) is 50.0 Å². The van der Waals surface area contributed by atoms with Gasteiger partial charge in [0.25, 0.3) is 0 Å². The molecule has 4 rings (SSSR count). The lowest BCUT2D eigenvalue weighted by molar-refractivity contribution is -0.140. The number of rotatable bonds is 11. The lowest BCUT2D eigenvalue weighted by atomic mass is 10.0. The maximum atomic E-state index is 14.1. The number of carbonyl (C=O) groups excluding carboxylic acids is 2. The summed E-state index contributed by atoms with van der Waals surface area (Å²) in [6, 6.07) is 22.0. The molecule has 1 fully saturated rings. The molecule has 1 saturated carbocycles. The summed E-state index contributed by atoms with van der Waals surface area (Å²) < 4.78 is 26.7. The van der Waals surface area contributed by atoms with E-state index in [1.54, 1.807) is 36.4 Å². The van der Waals surface area contributed by atoms with E-state index in [9.17, 15) is 18.0 Å². The van der Waals surface area contributed by atoms with E-state index < -0.39 is 28.5 Å². The summed E-state index contributed by atoms with van der Waals surface area (Å²) in [7, 11) is -3.86. The normalized spacial score (nSPS) is 14.5. The Bertz CT molecular complexity index is 1430. The van der Waals surface area contributed by atoms with Gasteiger partial charge in [-0.1, -0.05) is 84.6 Å². The minimum absolute atomic E-state index is 0.0490. The van der Waals surface area contributed by atoms with E-state index in [2.05, 4.69) is 5.32 Å². The van der Waals surface area contributed by atoms with Crippen LogP contribution in [0, 0.1) is 0 Å². The molecule has 0 bridgehead atoms. The van der Waals surface area contributed by atoms with E-state index in [1.807, 2.05) is 36.4 Å². The third kappa shape index (κ3) is 8.22. The molecule has 0 heterocycles. The van der Waals surface area contributed by atoms with Gasteiger partial charge < -0.3 is 10.2 Å². The number of amides is 2. The van der Waals surface area contributed by atoms with Crippen molar-refractivity contribution in [1.82, 2.24) is 10.2 Å². The Kier molecular flexibility index (Phi) is 10.1. The van der Waals surface area contributed by atoms with Gasteiger partial charge in [-0.3, -0.25) is 13.9 Å². The van der Waals surface area contributed by atoms with Crippen molar-refractivity contribution in [2.45, 2.75) is 50.7 Å². The average molecular weight is 603 g/mol. The molecule has 1 aliphatic rings. The summed E-state index contributed by atoms with van der Waals surface area (Å²) in [5.41, 5.74) is 1.87. The first-order chi connectivity index (χ1) is 19.1. The number of nitrogens with one attached hydrogen (secondary N) is 1. The Morgan fingerprint density at radius 3 is 2.15 bits per heavy atom. The second-order valence-corrected chi connectivity index (χ2v) is 12.9. The van der Waals surface area contributed by atoms with Crippen LogP contribution < -0.4 is 9.62 Å². The molecule has 212 valence electrons. The van der Waals surface area contributed by atoms with Gasteiger partial charge in [-0.25, -0.2) is 8.42 Å². The van der Waals surface area contributed by atoms with Crippen LogP contribution in [0.15, 0.2) is 78.9 Å². The highest BCUT2D eigenvalue weighted by Gasteiger charge is 2.34. The average Bonchev–Trinajstić information content (AvgIpc) is 3.42. The van der Waals surface area contributed by atoms with E-state index in [1.165, 1.54) is 11.0 Å². The van der Waals surface area contributed by atoms with Crippen LogP contribution in [0.1, 0.15) is 36.8 Å². The molecule has 1 atom stereocenters. The monoisotopic (exact) mass is 601 g/mol. The highest BCUT2D eigenvalue weighted by atomic mass is 35.5. The van der Waals surface area contributed by atoms with Crippen molar-refractivity contribution in [1.29, 1.82) is 0 Å². The smallest absolute Gasteiger partial charge is 0.244 e. The molecule has 2 amide bonds. The summed E-state index contributed by atoms with van der Waals surface area (Å²) >= 11 is 12.4. The molecular weight excluding hydrogens is 569 g/mol. The lowest BCUT2D eigenvalue weighted by Crippen LogP contribution is -2.54. The van der Waals surface area contributed by atoms with E-state index >= 15 is 0 Å². The van der Waals surface area contributed by atoms with Crippen molar-refractivity contribution in [2.75, 3.05) is 17.1 Å². The molecule has 40 heavy (non-hydrogen) atoms. The van der Waals surface area contributed by atoms with Crippen LogP contribution in [0.5, 0.6) is 0 Å². The van der Waals surface area contributed by atoms with Gasteiger partial charge in [0.15, 0.2) is 0 Å². The molecule has 0 saturated heterocycles. The third-order valence-corrected chi connectivity index (χ3v) is 8.60. The second kappa shape index (κ2) is 13.5. The van der Waals surface area contributed by atoms with E-state index in [0.717, 1.165) is 47.4 Å². The molecule has 0 radical (unpaired) electrons. The third-order valence-electron chi connectivity index (χ3n) is 6.99. The minimum atomic E-state index is -3.86. The van der Waals surface area contributed by atoms with Gasteiger partial charge in [0, 0.05) is 29.1 Å². The Hall–Kier alpha value is -3.07. The van der Waals surface area contributed by atoms with Gasteiger partial charge >= 0.3 is 0 Å². The summed E-state index contributed by atoms with van der Waals surface area (Å²) in [4.78, 5) is 29.4. The Balaban J connectivity index is 1.72. The van der Waals surface area contributed by atoms with E-state index in [4.69, 9.17) is 23.2 Å². The number of nitrogens with zero attached hydrogens (tertiary/aromatic N) is 2. The van der Waals surface area contributed by atoms with Crippen molar-refractivity contribution in [2.24, 2.45) is 0 Å². The van der Waals surface area contributed by atoms with Crippen molar-refractivity contribution >= 4 is 50.7 Å². The molecule has 3 aromatic rings. The first-order valence-electron chi connectivity index (χ1n) is 13.2. The number of hydrogen-bond donors (Lipinski definition) is 1. The van der Waals surface area contributed by atoms with Crippen molar-refractivity contribution in [3.8, 4) is 0 Å². The quantitative estimate of drug-likeness (QED) is 0.316. The van der Waals surface area contributed by atoms with Gasteiger partial charge in [-0.2, -0.15) is 0 Å². The maximum absolute atomic E-state index is 14.1. The molecule has 3 aromatic carbocycles. The molecule has 0 aliphatic heterocycles. The summed E-state index contributed by atoms with van der Waals surface area (Å²) in [6.07, 6.45) is 5.18. The van der Waals surface area contributed by atoms with Crippen molar-refractivity contribution in [3.63, 3.8) is 0 Å². The van der Waals surface area contributed by atoms with Crippen LogP contribution in [0.4, 0.5) is 5.69 Å². The first kappa shape index (κ1) is 29.9. The molecule has 7 nitrogen and oxygen atoms in total. The predicted molar refractivity (Wildman–Crippen MR) is 160 cm³/mol. The predicted octanol–water partition coefficient (Wildman–Crippen LogP) is 5.46.